The molecule has 0 amide bonds. The molecule has 3 atom stereocenters. The van der Waals surface area contributed by atoms with Gasteiger partial charge in [-0.15, -0.1) is 0 Å². The van der Waals surface area contributed by atoms with E-state index in [4.69, 9.17) is 33.9 Å². The maximum Gasteiger partial charge on any atom is 0.249 e. The summed E-state index contributed by atoms with van der Waals surface area (Å²) < 4.78 is 27.0. The second-order valence-corrected chi connectivity index (χ2v) is 20.9. The Hall–Kier alpha value is -8.63. The lowest BCUT2D eigenvalue weighted by Gasteiger charge is -2.45. The third-order valence-corrected chi connectivity index (χ3v) is 16.7. The first-order valence-electron chi connectivity index (χ1n) is 24.9. The van der Waals surface area contributed by atoms with Gasteiger partial charge in [-0.25, -0.2) is 0 Å². The van der Waals surface area contributed by atoms with E-state index in [0.29, 0.717) is 0 Å². The summed E-state index contributed by atoms with van der Waals surface area (Å²) in [6.45, 7) is 8.94. The van der Waals surface area contributed by atoms with Gasteiger partial charge in [-0.2, -0.15) is 0 Å². The summed E-state index contributed by atoms with van der Waals surface area (Å²) in [4.78, 5) is 21.7. The van der Waals surface area contributed by atoms with Crippen LogP contribution in [0.2, 0.25) is 0 Å². The molecule has 0 bridgehead atoms. The van der Waals surface area contributed by atoms with Crippen LogP contribution in [0.4, 0.5) is 34.1 Å². The highest BCUT2D eigenvalue weighted by molar-refractivity contribution is 6.11. The molecule has 73 heavy (non-hydrogen) atoms. The minimum absolute atomic E-state index is 0.306. The standard InChI is InChI=1S/C38H34N4O2.C25H18N2O2/c1-35(2)27-11-7-9-13-29(27)41(5)37(35)21-39-33-25-20-26-24(19-23(25)15-17-31(33)43-37)16-18-32-34(26)40-22-38(44-32)36(3,4)28-12-8-10-14-30(28)42(38)6;1-27-20-11-5-7-13-22(20)28-21-12-6-4-10-19(21)25(27)16-26-24-18-9-3-2-8-17(18)14-15-23(24)29-25/h7-22H,1-6H3;2-16H,1H3. The van der Waals surface area contributed by atoms with Crippen LogP contribution in [0.5, 0.6) is 28.7 Å². The third-order valence-electron chi connectivity index (χ3n) is 16.7. The molecule has 0 fully saturated rings. The van der Waals surface area contributed by atoms with Crippen LogP contribution < -0.4 is 33.6 Å². The Balaban J connectivity index is 0.000000147. The van der Waals surface area contributed by atoms with Crippen LogP contribution in [0.3, 0.4) is 0 Å². The van der Waals surface area contributed by atoms with Crippen LogP contribution in [0, 0.1) is 0 Å². The van der Waals surface area contributed by atoms with Crippen LogP contribution in [0.1, 0.15) is 44.4 Å². The van der Waals surface area contributed by atoms with Gasteiger partial charge in [-0.05, 0) is 122 Å². The molecular weight excluding hydrogens is 905 g/mol. The van der Waals surface area contributed by atoms with E-state index in [1.807, 2.05) is 92.4 Å². The van der Waals surface area contributed by atoms with Crippen LogP contribution in [-0.4, -0.2) is 51.2 Å². The Kier molecular flexibility index (Phi) is 8.85. The molecule has 358 valence electrons. The van der Waals surface area contributed by atoms with Gasteiger partial charge in [0.05, 0.1) is 40.7 Å². The molecule has 9 aromatic rings. The van der Waals surface area contributed by atoms with Crippen molar-refractivity contribution >= 4 is 85.1 Å². The largest absolute Gasteiger partial charge is 0.459 e. The number of benzene rings is 9. The molecule has 0 N–H and O–H groups in total. The molecule has 9 aromatic carbocycles. The molecule has 0 aliphatic carbocycles. The van der Waals surface area contributed by atoms with Crippen molar-refractivity contribution in [2.24, 2.45) is 15.0 Å². The van der Waals surface area contributed by atoms with E-state index in [0.717, 1.165) is 89.4 Å². The van der Waals surface area contributed by atoms with Gasteiger partial charge in [0.1, 0.15) is 40.1 Å². The molecule has 0 radical (unpaired) electrons. The summed E-state index contributed by atoms with van der Waals surface area (Å²) in [5.41, 5.74) is 6.29. The highest BCUT2D eigenvalue weighted by Crippen LogP contribution is 2.57. The Morgan fingerprint density at radius 3 is 1.40 bits per heavy atom. The van der Waals surface area contributed by atoms with Crippen molar-refractivity contribution < 1.29 is 18.9 Å². The van der Waals surface area contributed by atoms with Crippen molar-refractivity contribution in [2.45, 2.75) is 55.7 Å². The van der Waals surface area contributed by atoms with Gasteiger partial charge in [0.2, 0.25) is 17.2 Å². The van der Waals surface area contributed by atoms with Gasteiger partial charge in [0, 0.05) is 48.7 Å². The van der Waals surface area contributed by atoms with Crippen LogP contribution in [0.25, 0.3) is 32.3 Å². The molecule has 0 saturated heterocycles. The summed E-state index contributed by atoms with van der Waals surface area (Å²) in [5, 5.41) is 6.51. The normalized spacial score (nSPS) is 22.5. The third kappa shape index (κ3) is 5.71. The molecule has 6 aliphatic rings. The van der Waals surface area contributed by atoms with E-state index in [-0.39, 0.29) is 10.8 Å². The van der Waals surface area contributed by atoms with Crippen molar-refractivity contribution in [1.82, 2.24) is 0 Å². The monoisotopic (exact) mass is 956 g/mol. The fraction of sp³-hybridized carbons (Fsp3) is 0.190. The van der Waals surface area contributed by atoms with Crippen LogP contribution in [-0.2, 0) is 16.6 Å². The molecule has 6 heterocycles. The average molecular weight is 957 g/mol. The predicted octanol–water partition coefficient (Wildman–Crippen LogP) is 14.5. The lowest BCUT2D eigenvalue weighted by atomic mass is 9.77. The molecular formula is C63H52N6O4. The van der Waals surface area contributed by atoms with Gasteiger partial charge in [-0.3, -0.25) is 15.0 Å². The van der Waals surface area contributed by atoms with E-state index in [2.05, 4.69) is 160 Å². The van der Waals surface area contributed by atoms with E-state index >= 15 is 0 Å². The molecule has 15 rings (SSSR count). The zero-order chi connectivity index (χ0) is 49.6. The number of rotatable bonds is 0. The first kappa shape index (κ1) is 43.2. The molecule has 10 nitrogen and oxygen atoms in total. The van der Waals surface area contributed by atoms with Crippen LogP contribution in [0.15, 0.2) is 185 Å². The van der Waals surface area contributed by atoms with Crippen molar-refractivity contribution in [2.75, 3.05) is 35.8 Å². The maximum atomic E-state index is 6.97. The topological polar surface area (TPSA) is 83.7 Å². The van der Waals surface area contributed by atoms with Gasteiger partial charge in [0.15, 0.2) is 5.75 Å². The molecule has 3 spiro atoms. The van der Waals surface area contributed by atoms with Gasteiger partial charge in [-0.1, -0.05) is 103 Å². The quantitative estimate of drug-likeness (QED) is 0.140. The van der Waals surface area contributed by atoms with Gasteiger partial charge in [0.25, 0.3) is 0 Å². The summed E-state index contributed by atoms with van der Waals surface area (Å²) in [6, 6.07) is 58.2. The summed E-state index contributed by atoms with van der Waals surface area (Å²) in [5.74, 6) is 3.87. The van der Waals surface area contributed by atoms with E-state index < -0.39 is 17.2 Å². The minimum atomic E-state index is -0.904. The number of ether oxygens (including phenoxy) is 4. The second kappa shape index (κ2) is 15.0. The lowest BCUT2D eigenvalue weighted by Crippen LogP contribution is -2.61. The van der Waals surface area contributed by atoms with Crippen molar-refractivity contribution in [1.29, 1.82) is 0 Å². The van der Waals surface area contributed by atoms with Crippen molar-refractivity contribution in [3.05, 3.63) is 187 Å². The first-order chi connectivity index (χ1) is 35.3. The van der Waals surface area contributed by atoms with Gasteiger partial charge >= 0.3 is 0 Å². The molecule has 3 unspecified atom stereocenters. The average Bonchev–Trinajstić information content (AvgIpc) is 3.64. The number of para-hydroxylation sites is 5. The second-order valence-electron chi connectivity index (χ2n) is 20.9. The number of hydrogen-bond acceptors (Lipinski definition) is 10. The Morgan fingerprint density at radius 1 is 0.356 bits per heavy atom. The SMILES string of the molecule is CN1c2ccccc2C(C)(C)C12C=Nc1c(ccc3cc4ccc5c(c4cc13)N=CC1(O5)N(C)c3ccccc3C1(C)C)O2.CN1c2ccccc2Oc2ccccc2C12C=Nc1c(ccc3ccccc13)O2. The highest BCUT2D eigenvalue weighted by Gasteiger charge is 2.60. The Bertz CT molecular complexity index is 3790. The van der Waals surface area contributed by atoms with Crippen LogP contribution >= 0.6 is 0 Å². The lowest BCUT2D eigenvalue weighted by molar-refractivity contribution is 0.0826. The Labute approximate surface area is 424 Å². The summed E-state index contributed by atoms with van der Waals surface area (Å²) in [6.07, 6.45) is 5.90. The van der Waals surface area contributed by atoms with E-state index in [9.17, 15) is 0 Å². The summed E-state index contributed by atoms with van der Waals surface area (Å²) >= 11 is 0. The van der Waals surface area contributed by atoms with E-state index in [1.54, 1.807) is 0 Å². The molecule has 10 heteroatoms. The number of aliphatic imine (C=N–C) groups is 3. The maximum absolute atomic E-state index is 6.97. The zero-order valence-electron chi connectivity index (χ0n) is 41.7. The van der Waals surface area contributed by atoms with Crippen molar-refractivity contribution in [3.63, 3.8) is 0 Å². The highest BCUT2D eigenvalue weighted by atomic mass is 16.5. The zero-order valence-corrected chi connectivity index (χ0v) is 41.7. The molecule has 0 aromatic heterocycles. The number of anilines is 3. The summed E-state index contributed by atoms with van der Waals surface area (Å²) in [7, 11) is 6.21. The number of nitrogens with zero attached hydrogens (tertiary/aromatic N) is 6. The fourth-order valence-corrected chi connectivity index (χ4v) is 12.5. The number of likely N-dealkylation sites (N-methyl/N-ethyl adjacent to an activating group) is 2. The fourth-order valence-electron chi connectivity index (χ4n) is 12.5. The molecule has 6 aliphatic heterocycles. The van der Waals surface area contributed by atoms with Gasteiger partial charge < -0.3 is 33.6 Å². The van der Waals surface area contributed by atoms with Crippen molar-refractivity contribution in [3.8, 4) is 28.7 Å². The predicted molar refractivity (Wildman–Crippen MR) is 296 cm³/mol. The first-order valence-corrected chi connectivity index (χ1v) is 24.9. The smallest absolute Gasteiger partial charge is 0.249 e. The molecule has 0 saturated carbocycles. The van der Waals surface area contributed by atoms with E-state index in [1.165, 1.54) is 22.5 Å². The number of hydrogen-bond donors (Lipinski definition) is 0. The number of fused-ring (bicyclic) bond motifs is 14. The minimum Gasteiger partial charge on any atom is -0.459 e. The Morgan fingerprint density at radius 2 is 0.808 bits per heavy atom.